The van der Waals surface area contributed by atoms with E-state index in [1.165, 1.54) is 23.9 Å². The summed E-state index contributed by atoms with van der Waals surface area (Å²) in [5.41, 5.74) is 0.440. The molecule has 5 heteroatoms. The summed E-state index contributed by atoms with van der Waals surface area (Å²) >= 11 is 6.06. The topological polar surface area (TPSA) is 46.9 Å². The predicted octanol–water partition coefficient (Wildman–Crippen LogP) is 2.76. The van der Waals surface area contributed by atoms with E-state index in [0.29, 0.717) is 18.2 Å². The Kier molecular flexibility index (Phi) is 4.27. The van der Waals surface area contributed by atoms with Crippen LogP contribution >= 0.6 is 11.6 Å². The number of nitrogens with one attached hydrogen (secondary N) is 1. The molecule has 1 heterocycles. The highest BCUT2D eigenvalue weighted by Crippen LogP contribution is 2.30. The molecule has 100 valence electrons. The first-order valence-corrected chi connectivity index (χ1v) is 6.99. The maximum Gasteiger partial charge on any atom is 0.287 e. The molecule has 0 bridgehead atoms. The number of rotatable bonds is 4. The zero-order valence-electron chi connectivity index (χ0n) is 10.9. The molecule has 0 radical (unpaired) electrons. The Morgan fingerprint density at radius 3 is 2.94 bits per heavy atom. The number of halogens is 1. The fraction of sp³-hybridized carbons (Fsp3) is 0.692. The fourth-order valence-electron chi connectivity index (χ4n) is 2.58. The molecule has 2 atom stereocenters. The summed E-state index contributed by atoms with van der Waals surface area (Å²) in [5, 5.41) is 7.58. The summed E-state index contributed by atoms with van der Waals surface area (Å²) in [6, 6.07) is 0. The minimum Gasteiger partial charge on any atom is -0.382 e. The third-order valence-corrected chi connectivity index (χ3v) is 4.03. The Morgan fingerprint density at radius 1 is 1.56 bits per heavy atom. The minimum absolute atomic E-state index is 0.219. The SMILES string of the molecule is CCn1ncc(NCC2CCC(C)C2)c(Cl)c1=O. The average molecular weight is 270 g/mol. The molecule has 1 aliphatic rings. The normalized spacial score (nSPS) is 23.3. The maximum atomic E-state index is 11.8. The van der Waals surface area contributed by atoms with Crippen molar-refractivity contribution in [2.75, 3.05) is 11.9 Å². The summed E-state index contributed by atoms with van der Waals surface area (Å²) in [6.07, 6.45) is 5.46. The van der Waals surface area contributed by atoms with E-state index in [2.05, 4.69) is 17.3 Å². The Balaban J connectivity index is 2.02. The lowest BCUT2D eigenvalue weighted by Gasteiger charge is -2.13. The van der Waals surface area contributed by atoms with Gasteiger partial charge in [-0.2, -0.15) is 5.10 Å². The first-order chi connectivity index (χ1) is 8.61. The summed E-state index contributed by atoms with van der Waals surface area (Å²) in [5.74, 6) is 1.50. The largest absolute Gasteiger partial charge is 0.382 e. The summed E-state index contributed by atoms with van der Waals surface area (Å²) in [4.78, 5) is 11.8. The summed E-state index contributed by atoms with van der Waals surface area (Å²) < 4.78 is 1.37. The molecule has 0 amide bonds. The van der Waals surface area contributed by atoms with E-state index in [-0.39, 0.29) is 10.6 Å². The van der Waals surface area contributed by atoms with Crippen LogP contribution in [0.5, 0.6) is 0 Å². The monoisotopic (exact) mass is 269 g/mol. The van der Waals surface area contributed by atoms with E-state index in [1.807, 2.05) is 6.92 Å². The van der Waals surface area contributed by atoms with E-state index >= 15 is 0 Å². The number of aryl methyl sites for hydroxylation is 1. The van der Waals surface area contributed by atoms with Crippen LogP contribution < -0.4 is 10.9 Å². The van der Waals surface area contributed by atoms with Crippen molar-refractivity contribution < 1.29 is 0 Å². The first-order valence-electron chi connectivity index (χ1n) is 6.61. The smallest absolute Gasteiger partial charge is 0.287 e. The van der Waals surface area contributed by atoms with Gasteiger partial charge in [-0.05, 0) is 31.6 Å². The maximum absolute atomic E-state index is 11.8. The lowest BCUT2D eigenvalue weighted by atomic mass is 10.1. The van der Waals surface area contributed by atoms with Gasteiger partial charge in [-0.3, -0.25) is 4.79 Å². The highest BCUT2D eigenvalue weighted by molar-refractivity contribution is 6.32. The Labute approximate surface area is 112 Å². The number of anilines is 1. The second-order valence-electron chi connectivity index (χ2n) is 5.16. The van der Waals surface area contributed by atoms with Crippen LogP contribution in [0, 0.1) is 11.8 Å². The molecule has 1 aromatic rings. The van der Waals surface area contributed by atoms with Crippen molar-refractivity contribution >= 4 is 17.3 Å². The van der Waals surface area contributed by atoms with Crippen molar-refractivity contribution in [3.63, 3.8) is 0 Å². The van der Waals surface area contributed by atoms with Gasteiger partial charge in [-0.15, -0.1) is 0 Å². The molecule has 0 aliphatic heterocycles. The number of hydrogen-bond acceptors (Lipinski definition) is 3. The lowest BCUT2D eigenvalue weighted by Crippen LogP contribution is -2.24. The zero-order chi connectivity index (χ0) is 13.1. The molecule has 0 saturated heterocycles. The molecule has 1 N–H and O–H groups in total. The average Bonchev–Trinajstić information content (AvgIpc) is 2.77. The van der Waals surface area contributed by atoms with Crippen LogP contribution in [-0.2, 0) is 6.54 Å². The second kappa shape index (κ2) is 5.74. The van der Waals surface area contributed by atoms with Crippen molar-refractivity contribution in [2.24, 2.45) is 11.8 Å². The molecule has 1 aromatic heterocycles. The number of aromatic nitrogens is 2. The second-order valence-corrected chi connectivity index (χ2v) is 5.54. The van der Waals surface area contributed by atoms with Crippen molar-refractivity contribution in [1.29, 1.82) is 0 Å². The van der Waals surface area contributed by atoms with E-state index in [4.69, 9.17) is 11.6 Å². The van der Waals surface area contributed by atoms with Gasteiger partial charge in [0.15, 0.2) is 0 Å². The van der Waals surface area contributed by atoms with Gasteiger partial charge in [-0.25, -0.2) is 4.68 Å². The van der Waals surface area contributed by atoms with Gasteiger partial charge in [0.05, 0.1) is 11.9 Å². The third-order valence-electron chi connectivity index (χ3n) is 3.67. The minimum atomic E-state index is -0.219. The van der Waals surface area contributed by atoms with Crippen LogP contribution in [0.25, 0.3) is 0 Å². The van der Waals surface area contributed by atoms with Gasteiger partial charge in [-0.1, -0.05) is 24.9 Å². The number of hydrogen-bond donors (Lipinski definition) is 1. The Morgan fingerprint density at radius 2 is 2.33 bits per heavy atom. The highest BCUT2D eigenvalue weighted by atomic mass is 35.5. The molecule has 1 aliphatic carbocycles. The standard InChI is InChI=1S/C13H20ClN3O/c1-3-17-13(18)12(14)11(8-16-17)15-7-10-5-4-9(2)6-10/h8-10,15H,3-7H2,1-2H3. The summed E-state index contributed by atoms with van der Waals surface area (Å²) in [6.45, 7) is 5.58. The van der Waals surface area contributed by atoms with Crippen LogP contribution in [0.2, 0.25) is 5.02 Å². The van der Waals surface area contributed by atoms with Crippen molar-refractivity contribution in [3.05, 3.63) is 21.6 Å². The first kappa shape index (κ1) is 13.4. The van der Waals surface area contributed by atoms with Gasteiger partial charge in [0.1, 0.15) is 5.02 Å². The van der Waals surface area contributed by atoms with E-state index in [9.17, 15) is 4.79 Å². The van der Waals surface area contributed by atoms with Crippen LogP contribution in [-0.4, -0.2) is 16.3 Å². The molecule has 4 nitrogen and oxygen atoms in total. The quantitative estimate of drug-likeness (QED) is 0.914. The van der Waals surface area contributed by atoms with Gasteiger partial charge in [0, 0.05) is 13.1 Å². The Hall–Kier alpha value is -1.03. The van der Waals surface area contributed by atoms with E-state index < -0.39 is 0 Å². The molecule has 18 heavy (non-hydrogen) atoms. The van der Waals surface area contributed by atoms with Crippen molar-refractivity contribution in [1.82, 2.24) is 9.78 Å². The van der Waals surface area contributed by atoms with Gasteiger partial charge < -0.3 is 5.32 Å². The molecule has 1 fully saturated rings. The molecule has 2 rings (SSSR count). The molecular weight excluding hydrogens is 250 g/mol. The fourth-order valence-corrected chi connectivity index (χ4v) is 2.79. The lowest BCUT2D eigenvalue weighted by molar-refractivity contribution is 0.536. The highest BCUT2D eigenvalue weighted by Gasteiger charge is 2.21. The summed E-state index contributed by atoms with van der Waals surface area (Å²) in [7, 11) is 0. The van der Waals surface area contributed by atoms with Crippen LogP contribution in [0.4, 0.5) is 5.69 Å². The molecule has 0 spiro atoms. The van der Waals surface area contributed by atoms with E-state index in [0.717, 1.165) is 12.5 Å². The van der Waals surface area contributed by atoms with Crippen molar-refractivity contribution in [2.45, 2.75) is 39.7 Å². The molecule has 2 unspecified atom stereocenters. The van der Waals surface area contributed by atoms with Gasteiger partial charge >= 0.3 is 0 Å². The van der Waals surface area contributed by atoms with Crippen molar-refractivity contribution in [3.8, 4) is 0 Å². The Bertz CT molecular complexity index is 472. The molecular formula is C13H20ClN3O. The predicted molar refractivity (Wildman–Crippen MR) is 74.2 cm³/mol. The van der Waals surface area contributed by atoms with Crippen LogP contribution in [0.1, 0.15) is 33.1 Å². The zero-order valence-corrected chi connectivity index (χ0v) is 11.7. The number of nitrogens with zero attached hydrogens (tertiary/aromatic N) is 2. The molecule has 1 saturated carbocycles. The van der Waals surface area contributed by atoms with E-state index in [1.54, 1.807) is 6.20 Å². The van der Waals surface area contributed by atoms with Crippen LogP contribution in [0.15, 0.2) is 11.0 Å². The van der Waals surface area contributed by atoms with Gasteiger partial charge in [0.25, 0.3) is 5.56 Å². The van der Waals surface area contributed by atoms with Crippen LogP contribution in [0.3, 0.4) is 0 Å². The van der Waals surface area contributed by atoms with Gasteiger partial charge in [0.2, 0.25) is 0 Å². The molecule has 0 aromatic carbocycles. The third kappa shape index (κ3) is 2.86.